The standard InChI is InChI=1S/C23H28N2O5/c1-24-13-16(9-10-22(27)29-3)17(18(14-24)23(28)30-4)12-21(26)20-11-15-7-5-6-8-19(15)25(20)2/h5-8,11,14,16-17H,9-10,12-13H2,1-4H3. The second kappa shape index (κ2) is 9.15. The summed E-state index contributed by atoms with van der Waals surface area (Å²) < 4.78 is 11.6. The molecule has 7 nitrogen and oxygen atoms in total. The van der Waals surface area contributed by atoms with Gasteiger partial charge in [0.15, 0.2) is 5.78 Å². The minimum atomic E-state index is -0.445. The van der Waals surface area contributed by atoms with Crippen LogP contribution in [0.2, 0.25) is 0 Å². The number of ketones is 1. The average Bonchev–Trinajstić information content (AvgIpc) is 3.09. The van der Waals surface area contributed by atoms with E-state index in [4.69, 9.17) is 9.47 Å². The van der Waals surface area contributed by atoms with E-state index < -0.39 is 5.97 Å². The molecule has 1 aromatic heterocycles. The Labute approximate surface area is 176 Å². The van der Waals surface area contributed by atoms with E-state index in [2.05, 4.69) is 0 Å². The fourth-order valence-corrected chi connectivity index (χ4v) is 4.29. The lowest BCUT2D eigenvalue weighted by atomic mass is 9.77. The summed E-state index contributed by atoms with van der Waals surface area (Å²) in [6.45, 7) is 0.643. The molecular formula is C23H28N2O5. The van der Waals surface area contributed by atoms with Crippen molar-refractivity contribution in [2.75, 3.05) is 27.8 Å². The molecule has 3 rings (SSSR count). The number of hydrogen-bond acceptors (Lipinski definition) is 6. The van der Waals surface area contributed by atoms with Crippen LogP contribution in [0.25, 0.3) is 10.9 Å². The lowest BCUT2D eigenvalue weighted by Crippen LogP contribution is -2.38. The maximum absolute atomic E-state index is 13.3. The lowest BCUT2D eigenvalue weighted by Gasteiger charge is -2.36. The summed E-state index contributed by atoms with van der Waals surface area (Å²) in [5, 5.41) is 0.998. The Morgan fingerprint density at radius 1 is 1.10 bits per heavy atom. The third kappa shape index (κ3) is 4.40. The summed E-state index contributed by atoms with van der Waals surface area (Å²) in [6, 6.07) is 9.71. The fraction of sp³-hybridized carbons (Fsp3) is 0.435. The molecule has 2 unspecified atom stereocenters. The zero-order valence-corrected chi connectivity index (χ0v) is 17.9. The minimum Gasteiger partial charge on any atom is -0.469 e. The Morgan fingerprint density at radius 3 is 2.50 bits per heavy atom. The molecular weight excluding hydrogens is 384 g/mol. The van der Waals surface area contributed by atoms with E-state index in [-0.39, 0.29) is 36.4 Å². The van der Waals surface area contributed by atoms with Gasteiger partial charge in [-0.25, -0.2) is 4.79 Å². The number of Topliss-reactive ketones (excluding diaryl/α,β-unsaturated/α-hetero) is 1. The van der Waals surface area contributed by atoms with Crippen LogP contribution >= 0.6 is 0 Å². The van der Waals surface area contributed by atoms with Crippen molar-refractivity contribution in [3.8, 4) is 0 Å². The maximum Gasteiger partial charge on any atom is 0.335 e. The summed E-state index contributed by atoms with van der Waals surface area (Å²) in [5.41, 5.74) is 2.05. The van der Waals surface area contributed by atoms with E-state index >= 15 is 0 Å². The highest BCUT2D eigenvalue weighted by molar-refractivity contribution is 6.01. The molecule has 0 saturated heterocycles. The van der Waals surface area contributed by atoms with Crippen LogP contribution in [0.15, 0.2) is 42.1 Å². The first-order chi connectivity index (χ1) is 14.3. The van der Waals surface area contributed by atoms with Gasteiger partial charge in [0.2, 0.25) is 0 Å². The number of benzene rings is 1. The predicted molar refractivity (Wildman–Crippen MR) is 113 cm³/mol. The number of esters is 2. The Kier molecular flexibility index (Phi) is 6.59. The summed E-state index contributed by atoms with van der Waals surface area (Å²) in [4.78, 5) is 39.3. The molecule has 7 heteroatoms. The number of para-hydroxylation sites is 1. The van der Waals surface area contributed by atoms with Crippen LogP contribution in [-0.4, -0.2) is 55.0 Å². The normalized spacial score (nSPS) is 18.8. The van der Waals surface area contributed by atoms with Crippen molar-refractivity contribution >= 4 is 28.6 Å². The molecule has 0 spiro atoms. The summed E-state index contributed by atoms with van der Waals surface area (Å²) >= 11 is 0. The number of hydrogen-bond donors (Lipinski definition) is 0. The first-order valence-electron chi connectivity index (χ1n) is 10.0. The number of carbonyl (C=O) groups excluding carboxylic acids is 3. The largest absolute Gasteiger partial charge is 0.469 e. The van der Waals surface area contributed by atoms with Crippen molar-refractivity contribution < 1.29 is 23.9 Å². The predicted octanol–water partition coefficient (Wildman–Crippen LogP) is 2.94. The van der Waals surface area contributed by atoms with Crippen LogP contribution in [0, 0.1) is 11.8 Å². The van der Waals surface area contributed by atoms with Crippen LogP contribution in [0.3, 0.4) is 0 Å². The van der Waals surface area contributed by atoms with Crippen LogP contribution in [0.5, 0.6) is 0 Å². The molecule has 0 aliphatic carbocycles. The number of carbonyl (C=O) groups is 3. The van der Waals surface area contributed by atoms with Gasteiger partial charge in [-0.05, 0) is 24.5 Å². The molecule has 1 aliphatic rings. The number of ether oxygens (including phenoxy) is 2. The number of aromatic nitrogens is 1. The molecule has 0 amide bonds. The molecule has 0 saturated carbocycles. The third-order valence-electron chi connectivity index (χ3n) is 5.86. The number of aryl methyl sites for hydroxylation is 1. The first-order valence-corrected chi connectivity index (χ1v) is 10.0. The van der Waals surface area contributed by atoms with E-state index in [1.165, 1.54) is 14.2 Å². The van der Waals surface area contributed by atoms with Crippen LogP contribution < -0.4 is 0 Å². The first kappa shape index (κ1) is 21.6. The smallest absolute Gasteiger partial charge is 0.335 e. The fourth-order valence-electron chi connectivity index (χ4n) is 4.29. The van der Waals surface area contributed by atoms with Crippen molar-refractivity contribution in [2.24, 2.45) is 18.9 Å². The summed E-state index contributed by atoms with van der Waals surface area (Å²) in [5.74, 6) is -1.16. The molecule has 160 valence electrons. The van der Waals surface area contributed by atoms with E-state index in [1.54, 1.807) is 6.20 Å². The van der Waals surface area contributed by atoms with Gasteiger partial charge in [-0.15, -0.1) is 0 Å². The van der Waals surface area contributed by atoms with Gasteiger partial charge in [0.1, 0.15) is 0 Å². The van der Waals surface area contributed by atoms with Crippen LogP contribution in [0.4, 0.5) is 0 Å². The van der Waals surface area contributed by atoms with Gasteiger partial charge in [-0.1, -0.05) is 18.2 Å². The minimum absolute atomic E-state index is 0.0406. The molecule has 2 atom stereocenters. The molecule has 0 bridgehead atoms. The van der Waals surface area contributed by atoms with Crippen LogP contribution in [-0.2, 0) is 26.1 Å². The number of nitrogens with zero attached hydrogens (tertiary/aromatic N) is 2. The van der Waals surface area contributed by atoms with Crippen LogP contribution in [0.1, 0.15) is 29.8 Å². The summed E-state index contributed by atoms with van der Waals surface area (Å²) in [6.07, 6.45) is 2.69. The molecule has 1 aromatic carbocycles. The Morgan fingerprint density at radius 2 is 1.83 bits per heavy atom. The molecule has 0 N–H and O–H groups in total. The summed E-state index contributed by atoms with van der Waals surface area (Å²) in [7, 11) is 6.44. The van der Waals surface area contributed by atoms with Gasteiger partial charge in [-0.3, -0.25) is 9.59 Å². The Balaban J connectivity index is 1.90. The van der Waals surface area contributed by atoms with Gasteiger partial charge < -0.3 is 18.9 Å². The van der Waals surface area contributed by atoms with Gasteiger partial charge in [0.25, 0.3) is 0 Å². The molecule has 2 heterocycles. The van der Waals surface area contributed by atoms with Crippen molar-refractivity contribution in [3.63, 3.8) is 0 Å². The van der Waals surface area contributed by atoms with E-state index in [0.29, 0.717) is 24.2 Å². The van der Waals surface area contributed by atoms with Crippen molar-refractivity contribution in [2.45, 2.75) is 19.3 Å². The van der Waals surface area contributed by atoms with Crippen molar-refractivity contribution in [1.82, 2.24) is 9.47 Å². The van der Waals surface area contributed by atoms with E-state index in [0.717, 1.165) is 10.9 Å². The maximum atomic E-state index is 13.3. The second-order valence-electron chi connectivity index (χ2n) is 7.77. The number of fused-ring (bicyclic) bond motifs is 1. The zero-order valence-electron chi connectivity index (χ0n) is 17.9. The highest BCUT2D eigenvalue weighted by Crippen LogP contribution is 2.35. The number of methoxy groups -OCH3 is 2. The Bertz CT molecular complexity index is 991. The number of rotatable bonds is 7. The quantitative estimate of drug-likeness (QED) is 0.514. The molecule has 0 radical (unpaired) electrons. The van der Waals surface area contributed by atoms with E-state index in [1.807, 2.05) is 53.9 Å². The van der Waals surface area contributed by atoms with Gasteiger partial charge in [0.05, 0.1) is 25.5 Å². The van der Waals surface area contributed by atoms with Gasteiger partial charge in [-0.2, -0.15) is 0 Å². The second-order valence-corrected chi connectivity index (χ2v) is 7.77. The lowest BCUT2D eigenvalue weighted by molar-refractivity contribution is -0.141. The zero-order chi connectivity index (χ0) is 21.8. The van der Waals surface area contributed by atoms with Crippen molar-refractivity contribution in [1.29, 1.82) is 0 Å². The molecule has 1 aliphatic heterocycles. The topological polar surface area (TPSA) is 77.8 Å². The van der Waals surface area contributed by atoms with Crippen molar-refractivity contribution in [3.05, 3.63) is 47.8 Å². The highest BCUT2D eigenvalue weighted by atomic mass is 16.5. The van der Waals surface area contributed by atoms with Gasteiger partial charge in [0, 0.05) is 56.5 Å². The Hall–Kier alpha value is -3.09. The average molecular weight is 412 g/mol. The molecule has 30 heavy (non-hydrogen) atoms. The monoisotopic (exact) mass is 412 g/mol. The molecule has 0 fully saturated rings. The molecule has 2 aromatic rings. The highest BCUT2D eigenvalue weighted by Gasteiger charge is 2.36. The van der Waals surface area contributed by atoms with E-state index in [9.17, 15) is 14.4 Å². The SMILES string of the molecule is COC(=O)CCC1CN(C)C=C(C(=O)OC)C1CC(=O)c1cc2ccccc2n1C. The van der Waals surface area contributed by atoms with Gasteiger partial charge >= 0.3 is 11.9 Å². The third-order valence-corrected chi connectivity index (χ3v) is 5.86.